The number of hydrogen-bond donors (Lipinski definition) is 2. The number of nitrogens with one attached hydrogen (secondary N) is 2. The van der Waals surface area contributed by atoms with Gasteiger partial charge in [-0.3, -0.25) is 15.2 Å². The summed E-state index contributed by atoms with van der Waals surface area (Å²) in [6.45, 7) is 4.23. The number of rotatable bonds is 5. The fraction of sp³-hybridized carbons (Fsp3) is 0.500. The van der Waals surface area contributed by atoms with E-state index in [1.54, 1.807) is 6.20 Å². The van der Waals surface area contributed by atoms with Gasteiger partial charge >= 0.3 is 5.97 Å². The quantitative estimate of drug-likeness (QED) is 0.636. The molecule has 1 saturated heterocycles. The van der Waals surface area contributed by atoms with Crippen LogP contribution in [0.1, 0.15) is 38.5 Å². The maximum absolute atomic E-state index is 12.3. The first kappa shape index (κ1) is 15.5. The summed E-state index contributed by atoms with van der Waals surface area (Å²) in [5.41, 5.74) is 6.79. The largest absolute Gasteiger partial charge is 0.454 e. The molecule has 5 heteroatoms. The molecule has 1 aliphatic rings. The van der Waals surface area contributed by atoms with Crippen molar-refractivity contribution in [2.24, 2.45) is 5.92 Å². The van der Waals surface area contributed by atoms with Gasteiger partial charge in [0, 0.05) is 12.2 Å². The molecule has 0 aromatic carbocycles. The van der Waals surface area contributed by atoms with E-state index in [1.807, 2.05) is 18.2 Å². The van der Waals surface area contributed by atoms with Crippen molar-refractivity contribution in [3.63, 3.8) is 0 Å². The fourth-order valence-corrected chi connectivity index (χ4v) is 2.28. The van der Waals surface area contributed by atoms with E-state index < -0.39 is 6.10 Å². The standard InChI is InChI=1S/C16H21N3O2/c1-4-7-15(12-8-5-6-9-17-12)21-16(20)14-10-13(11(2)3)18-19-14/h1,5-6,8-9,11,13-15,18-19H,7,10H2,2-3H3. The molecule has 0 aliphatic carbocycles. The third kappa shape index (κ3) is 4.03. The average Bonchev–Trinajstić information content (AvgIpc) is 2.98. The van der Waals surface area contributed by atoms with E-state index in [1.165, 1.54) is 0 Å². The molecule has 1 aliphatic heterocycles. The highest BCUT2D eigenvalue weighted by atomic mass is 16.5. The summed E-state index contributed by atoms with van der Waals surface area (Å²) < 4.78 is 5.54. The molecule has 0 bridgehead atoms. The van der Waals surface area contributed by atoms with Crippen molar-refractivity contribution in [1.82, 2.24) is 15.8 Å². The Balaban J connectivity index is 1.98. The van der Waals surface area contributed by atoms with Crippen molar-refractivity contribution in [2.75, 3.05) is 0 Å². The van der Waals surface area contributed by atoms with Crippen LogP contribution in [0.15, 0.2) is 24.4 Å². The summed E-state index contributed by atoms with van der Waals surface area (Å²) in [6, 6.07) is 5.40. The molecule has 1 aromatic heterocycles. The van der Waals surface area contributed by atoms with E-state index in [0.717, 1.165) is 0 Å². The molecule has 1 fully saturated rings. The number of terminal acetylenes is 1. The highest BCUT2D eigenvalue weighted by Gasteiger charge is 2.33. The fourth-order valence-electron chi connectivity index (χ4n) is 2.28. The van der Waals surface area contributed by atoms with E-state index >= 15 is 0 Å². The van der Waals surface area contributed by atoms with Crippen LogP contribution in [0.4, 0.5) is 0 Å². The summed E-state index contributed by atoms with van der Waals surface area (Å²) in [5, 5.41) is 0. The number of hydrazine groups is 1. The van der Waals surface area contributed by atoms with E-state index in [-0.39, 0.29) is 18.1 Å². The molecular formula is C16H21N3O2. The van der Waals surface area contributed by atoms with E-state index in [2.05, 4.69) is 35.6 Å². The zero-order valence-electron chi connectivity index (χ0n) is 12.4. The summed E-state index contributed by atoms with van der Waals surface area (Å²) in [6.07, 6.45) is 7.55. The van der Waals surface area contributed by atoms with Crippen LogP contribution >= 0.6 is 0 Å². The normalized spacial score (nSPS) is 22.8. The average molecular weight is 287 g/mol. The van der Waals surface area contributed by atoms with Crippen LogP contribution in [0.25, 0.3) is 0 Å². The predicted molar refractivity (Wildman–Crippen MR) is 79.8 cm³/mol. The molecule has 21 heavy (non-hydrogen) atoms. The second-order valence-electron chi connectivity index (χ2n) is 5.52. The van der Waals surface area contributed by atoms with Gasteiger partial charge in [-0.15, -0.1) is 12.3 Å². The van der Waals surface area contributed by atoms with Gasteiger partial charge in [-0.2, -0.15) is 0 Å². The smallest absolute Gasteiger partial charge is 0.325 e. The van der Waals surface area contributed by atoms with Crippen molar-refractivity contribution in [3.05, 3.63) is 30.1 Å². The SMILES string of the molecule is C#CCC(OC(=O)C1CC(C(C)C)NN1)c1ccccn1. The van der Waals surface area contributed by atoms with Gasteiger partial charge in [0.15, 0.2) is 6.10 Å². The number of carbonyl (C=O) groups is 1. The van der Waals surface area contributed by atoms with Crippen molar-refractivity contribution in [3.8, 4) is 12.3 Å². The van der Waals surface area contributed by atoms with Gasteiger partial charge in [0.25, 0.3) is 0 Å². The highest BCUT2D eigenvalue weighted by Crippen LogP contribution is 2.21. The van der Waals surface area contributed by atoms with Gasteiger partial charge in [-0.25, -0.2) is 5.43 Å². The van der Waals surface area contributed by atoms with Gasteiger partial charge in [-0.05, 0) is 24.5 Å². The molecule has 0 amide bonds. The lowest BCUT2D eigenvalue weighted by Crippen LogP contribution is -2.39. The number of carbonyl (C=O) groups excluding carboxylic acids is 1. The Labute approximate surface area is 125 Å². The molecule has 0 radical (unpaired) electrons. The van der Waals surface area contributed by atoms with Crippen molar-refractivity contribution in [2.45, 2.75) is 44.9 Å². The first-order chi connectivity index (χ1) is 10.1. The van der Waals surface area contributed by atoms with Crippen molar-refractivity contribution >= 4 is 5.97 Å². The number of hydrogen-bond acceptors (Lipinski definition) is 5. The molecule has 3 atom stereocenters. The van der Waals surface area contributed by atoms with Crippen LogP contribution in [-0.2, 0) is 9.53 Å². The number of nitrogens with zero attached hydrogens (tertiary/aromatic N) is 1. The van der Waals surface area contributed by atoms with Gasteiger partial charge in [0.2, 0.25) is 0 Å². The van der Waals surface area contributed by atoms with Crippen molar-refractivity contribution < 1.29 is 9.53 Å². The highest BCUT2D eigenvalue weighted by molar-refractivity contribution is 5.76. The summed E-state index contributed by atoms with van der Waals surface area (Å²) >= 11 is 0. The Hall–Kier alpha value is -1.90. The zero-order chi connectivity index (χ0) is 15.2. The lowest BCUT2D eigenvalue weighted by Gasteiger charge is -2.17. The molecule has 2 heterocycles. The lowest BCUT2D eigenvalue weighted by atomic mass is 10.00. The molecular weight excluding hydrogens is 266 g/mol. The Bertz CT molecular complexity index is 510. The van der Waals surface area contributed by atoms with Crippen LogP contribution in [-0.4, -0.2) is 23.0 Å². The number of pyridine rings is 1. The minimum absolute atomic E-state index is 0.267. The van der Waals surface area contributed by atoms with Crippen LogP contribution in [0.5, 0.6) is 0 Å². The maximum atomic E-state index is 12.3. The minimum Gasteiger partial charge on any atom is -0.454 e. The second kappa shape index (κ2) is 7.21. The molecule has 5 nitrogen and oxygen atoms in total. The molecule has 0 spiro atoms. The third-order valence-corrected chi connectivity index (χ3v) is 3.60. The predicted octanol–water partition coefficient (Wildman–Crippen LogP) is 1.58. The summed E-state index contributed by atoms with van der Waals surface area (Å²) in [5.74, 6) is 2.69. The van der Waals surface area contributed by atoms with E-state index in [4.69, 9.17) is 11.2 Å². The van der Waals surface area contributed by atoms with Crippen LogP contribution in [0, 0.1) is 18.3 Å². The van der Waals surface area contributed by atoms with Crippen molar-refractivity contribution in [1.29, 1.82) is 0 Å². The third-order valence-electron chi connectivity index (χ3n) is 3.60. The first-order valence-corrected chi connectivity index (χ1v) is 7.17. The number of esters is 1. The van der Waals surface area contributed by atoms with Crippen LogP contribution in [0.3, 0.4) is 0 Å². The lowest BCUT2D eigenvalue weighted by molar-refractivity contribution is -0.151. The zero-order valence-corrected chi connectivity index (χ0v) is 12.4. The van der Waals surface area contributed by atoms with Crippen LogP contribution in [0.2, 0.25) is 0 Å². The Kier molecular flexibility index (Phi) is 5.32. The summed E-state index contributed by atoms with van der Waals surface area (Å²) in [7, 11) is 0. The van der Waals surface area contributed by atoms with Gasteiger partial charge in [-0.1, -0.05) is 19.9 Å². The van der Waals surface area contributed by atoms with Gasteiger partial charge in [0.1, 0.15) is 6.04 Å². The van der Waals surface area contributed by atoms with Crippen LogP contribution < -0.4 is 10.9 Å². The molecule has 1 aromatic rings. The topological polar surface area (TPSA) is 63.2 Å². The van der Waals surface area contributed by atoms with Gasteiger partial charge < -0.3 is 4.74 Å². The van der Waals surface area contributed by atoms with E-state index in [0.29, 0.717) is 24.5 Å². The maximum Gasteiger partial charge on any atom is 0.325 e. The molecule has 2 N–H and O–H groups in total. The monoisotopic (exact) mass is 287 g/mol. The number of ether oxygens (including phenoxy) is 1. The Morgan fingerprint density at radius 2 is 2.33 bits per heavy atom. The second-order valence-corrected chi connectivity index (χ2v) is 5.52. The molecule has 3 unspecified atom stereocenters. The van der Waals surface area contributed by atoms with Gasteiger partial charge in [0.05, 0.1) is 12.1 Å². The number of aromatic nitrogens is 1. The summed E-state index contributed by atoms with van der Waals surface area (Å²) in [4.78, 5) is 16.5. The minimum atomic E-state index is -0.497. The first-order valence-electron chi connectivity index (χ1n) is 7.17. The Morgan fingerprint density at radius 3 is 2.90 bits per heavy atom. The molecule has 0 saturated carbocycles. The van der Waals surface area contributed by atoms with E-state index in [9.17, 15) is 4.79 Å². The molecule has 112 valence electrons. The Morgan fingerprint density at radius 1 is 1.52 bits per heavy atom. The molecule has 2 rings (SSSR count).